The highest BCUT2D eigenvalue weighted by Gasteiger charge is 2.16. The minimum atomic E-state index is 0.313. The fourth-order valence-corrected chi connectivity index (χ4v) is 2.36. The van der Waals surface area contributed by atoms with E-state index in [1.807, 2.05) is 12.1 Å². The van der Waals surface area contributed by atoms with Gasteiger partial charge in [-0.2, -0.15) is 0 Å². The molecule has 3 heteroatoms. The summed E-state index contributed by atoms with van der Waals surface area (Å²) >= 11 is 0. The van der Waals surface area contributed by atoms with E-state index < -0.39 is 0 Å². The van der Waals surface area contributed by atoms with Crippen LogP contribution in [0.15, 0.2) is 24.3 Å². The van der Waals surface area contributed by atoms with E-state index in [0.717, 1.165) is 31.3 Å². The molecule has 0 aliphatic rings. The van der Waals surface area contributed by atoms with Gasteiger partial charge in [-0.1, -0.05) is 39.0 Å². The third-order valence-electron chi connectivity index (χ3n) is 3.55. The molecule has 0 spiro atoms. The molecule has 20 heavy (non-hydrogen) atoms. The highest BCUT2D eigenvalue weighted by molar-refractivity contribution is 5.36. The summed E-state index contributed by atoms with van der Waals surface area (Å²) in [6.07, 6.45) is 1.24. The van der Waals surface area contributed by atoms with Crippen LogP contribution in [0, 0.1) is 5.92 Å². The number of methoxy groups -OCH3 is 1. The lowest BCUT2D eigenvalue weighted by Gasteiger charge is -2.26. The fraction of sp³-hybridized carbons (Fsp3) is 0.647. The molecule has 1 rings (SSSR count). The molecule has 0 saturated carbocycles. The summed E-state index contributed by atoms with van der Waals surface area (Å²) in [5.74, 6) is 1.72. The standard InChI is InChI=1S/C17H30N2O/c1-6-18-16(13-19(4)12-11-14(2)3)15-9-7-8-10-17(15)20-5/h7-10,14,16,18H,6,11-13H2,1-5H3. The van der Waals surface area contributed by atoms with Gasteiger partial charge < -0.3 is 15.0 Å². The van der Waals surface area contributed by atoms with Crippen LogP contribution in [0.25, 0.3) is 0 Å². The predicted molar refractivity (Wildman–Crippen MR) is 86.4 cm³/mol. The number of para-hydroxylation sites is 1. The molecule has 0 aliphatic heterocycles. The molecule has 0 saturated heterocycles. The third kappa shape index (κ3) is 5.51. The summed E-state index contributed by atoms with van der Waals surface area (Å²) in [7, 11) is 3.94. The number of hydrogen-bond acceptors (Lipinski definition) is 3. The molecule has 3 nitrogen and oxygen atoms in total. The first-order chi connectivity index (χ1) is 9.58. The smallest absolute Gasteiger partial charge is 0.123 e. The molecule has 0 fully saturated rings. The second-order valence-electron chi connectivity index (χ2n) is 5.80. The molecule has 1 aromatic rings. The summed E-state index contributed by atoms with van der Waals surface area (Å²) in [4.78, 5) is 2.40. The Morgan fingerprint density at radius 3 is 2.55 bits per heavy atom. The molecule has 0 aliphatic carbocycles. The van der Waals surface area contributed by atoms with Gasteiger partial charge in [-0.3, -0.25) is 0 Å². The maximum atomic E-state index is 5.49. The topological polar surface area (TPSA) is 24.5 Å². The fourth-order valence-electron chi connectivity index (χ4n) is 2.36. The molecule has 0 bridgehead atoms. The van der Waals surface area contributed by atoms with Crippen LogP contribution in [0.3, 0.4) is 0 Å². The van der Waals surface area contributed by atoms with Gasteiger partial charge >= 0.3 is 0 Å². The average molecular weight is 278 g/mol. The molecule has 1 aromatic carbocycles. The van der Waals surface area contributed by atoms with E-state index in [1.54, 1.807) is 7.11 Å². The molecule has 0 amide bonds. The molecule has 114 valence electrons. The Balaban J connectivity index is 2.72. The van der Waals surface area contributed by atoms with Crippen molar-refractivity contribution >= 4 is 0 Å². The molecular formula is C17H30N2O. The van der Waals surface area contributed by atoms with E-state index in [0.29, 0.717) is 6.04 Å². The number of nitrogens with zero attached hydrogens (tertiary/aromatic N) is 1. The molecule has 0 aromatic heterocycles. The zero-order chi connectivity index (χ0) is 15.0. The van der Waals surface area contributed by atoms with Crippen LogP contribution in [0.1, 0.15) is 38.8 Å². The van der Waals surface area contributed by atoms with E-state index in [1.165, 1.54) is 12.0 Å². The van der Waals surface area contributed by atoms with E-state index in [-0.39, 0.29) is 0 Å². The van der Waals surface area contributed by atoms with Crippen LogP contribution < -0.4 is 10.1 Å². The number of ether oxygens (including phenoxy) is 1. The predicted octanol–water partition coefficient (Wildman–Crippen LogP) is 3.32. The van der Waals surface area contributed by atoms with Gasteiger partial charge in [0.15, 0.2) is 0 Å². The Kier molecular flexibility index (Phi) is 7.63. The minimum absolute atomic E-state index is 0.313. The minimum Gasteiger partial charge on any atom is -0.496 e. The van der Waals surface area contributed by atoms with Crippen molar-refractivity contribution in [2.24, 2.45) is 5.92 Å². The zero-order valence-corrected chi connectivity index (χ0v) is 13.6. The third-order valence-corrected chi connectivity index (χ3v) is 3.55. The van der Waals surface area contributed by atoms with Crippen molar-refractivity contribution < 1.29 is 4.74 Å². The van der Waals surface area contributed by atoms with Gasteiger partial charge in [0.25, 0.3) is 0 Å². The van der Waals surface area contributed by atoms with E-state index >= 15 is 0 Å². The number of rotatable bonds is 9. The summed E-state index contributed by atoms with van der Waals surface area (Å²) < 4.78 is 5.49. The number of likely N-dealkylation sites (N-methyl/N-ethyl adjacent to an activating group) is 2. The van der Waals surface area contributed by atoms with Gasteiger partial charge in [0, 0.05) is 18.2 Å². The normalized spacial score (nSPS) is 12.9. The molecule has 1 N–H and O–H groups in total. The van der Waals surface area contributed by atoms with Gasteiger partial charge in [0.05, 0.1) is 7.11 Å². The van der Waals surface area contributed by atoms with Gasteiger partial charge in [-0.15, -0.1) is 0 Å². The Hall–Kier alpha value is -1.06. The molecular weight excluding hydrogens is 248 g/mol. The molecule has 1 atom stereocenters. The van der Waals surface area contributed by atoms with Crippen molar-refractivity contribution in [3.8, 4) is 5.75 Å². The first-order valence-corrected chi connectivity index (χ1v) is 7.63. The quantitative estimate of drug-likeness (QED) is 0.750. The van der Waals surface area contributed by atoms with Gasteiger partial charge in [0.2, 0.25) is 0 Å². The lowest BCUT2D eigenvalue weighted by atomic mass is 10.0. The van der Waals surface area contributed by atoms with Crippen LogP contribution >= 0.6 is 0 Å². The highest BCUT2D eigenvalue weighted by Crippen LogP contribution is 2.25. The van der Waals surface area contributed by atoms with Crippen molar-refractivity contribution in [2.45, 2.75) is 33.2 Å². The van der Waals surface area contributed by atoms with Crippen LogP contribution in [-0.2, 0) is 0 Å². The molecule has 0 heterocycles. The van der Waals surface area contributed by atoms with Crippen molar-refractivity contribution in [1.82, 2.24) is 10.2 Å². The lowest BCUT2D eigenvalue weighted by molar-refractivity contribution is 0.272. The second-order valence-corrected chi connectivity index (χ2v) is 5.80. The van der Waals surface area contributed by atoms with Crippen molar-refractivity contribution in [1.29, 1.82) is 0 Å². The van der Waals surface area contributed by atoms with E-state index in [4.69, 9.17) is 4.74 Å². The average Bonchev–Trinajstić information content (AvgIpc) is 2.44. The van der Waals surface area contributed by atoms with E-state index in [9.17, 15) is 0 Å². The Morgan fingerprint density at radius 1 is 1.25 bits per heavy atom. The zero-order valence-electron chi connectivity index (χ0n) is 13.6. The Bertz CT molecular complexity index is 379. The Morgan fingerprint density at radius 2 is 1.95 bits per heavy atom. The van der Waals surface area contributed by atoms with Crippen LogP contribution in [0.2, 0.25) is 0 Å². The summed E-state index contributed by atoms with van der Waals surface area (Å²) in [5.41, 5.74) is 1.24. The molecule has 1 unspecified atom stereocenters. The van der Waals surface area contributed by atoms with Crippen molar-refractivity contribution in [2.75, 3.05) is 33.8 Å². The monoisotopic (exact) mass is 278 g/mol. The van der Waals surface area contributed by atoms with E-state index in [2.05, 4.69) is 50.2 Å². The van der Waals surface area contributed by atoms with Gasteiger partial charge in [0.1, 0.15) is 5.75 Å². The second kappa shape index (κ2) is 8.98. The van der Waals surface area contributed by atoms with Crippen LogP contribution in [0.4, 0.5) is 0 Å². The summed E-state index contributed by atoms with van der Waals surface area (Å²) in [6.45, 7) is 9.79. The largest absolute Gasteiger partial charge is 0.496 e. The lowest BCUT2D eigenvalue weighted by Crippen LogP contribution is -2.34. The number of nitrogens with one attached hydrogen (secondary N) is 1. The van der Waals surface area contributed by atoms with Gasteiger partial charge in [-0.25, -0.2) is 0 Å². The van der Waals surface area contributed by atoms with Crippen molar-refractivity contribution in [3.63, 3.8) is 0 Å². The molecule has 0 radical (unpaired) electrons. The highest BCUT2D eigenvalue weighted by atomic mass is 16.5. The maximum absolute atomic E-state index is 5.49. The first kappa shape index (κ1) is 17.0. The summed E-state index contributed by atoms with van der Waals surface area (Å²) in [6, 6.07) is 8.61. The number of hydrogen-bond donors (Lipinski definition) is 1. The maximum Gasteiger partial charge on any atom is 0.123 e. The van der Waals surface area contributed by atoms with Gasteiger partial charge in [-0.05, 0) is 38.5 Å². The Labute approximate surface area is 124 Å². The van der Waals surface area contributed by atoms with Crippen molar-refractivity contribution in [3.05, 3.63) is 29.8 Å². The SMILES string of the molecule is CCNC(CN(C)CCC(C)C)c1ccccc1OC. The first-order valence-electron chi connectivity index (χ1n) is 7.63. The van der Waals surface area contributed by atoms with Crippen LogP contribution in [0.5, 0.6) is 5.75 Å². The van der Waals surface area contributed by atoms with Crippen LogP contribution in [-0.4, -0.2) is 38.7 Å². The summed E-state index contributed by atoms with van der Waals surface area (Å²) in [5, 5.41) is 3.57. The number of benzene rings is 1.